The van der Waals surface area contributed by atoms with Crippen molar-refractivity contribution in [2.45, 2.75) is 6.18 Å². The molecule has 142 valence electrons. The Morgan fingerprint density at radius 2 is 1.86 bits per heavy atom. The SMILES string of the molecule is O=c1[nH]c2cnc(-c3cccc(O)c3)nc2n1-c1cccc(C(F)(F)F)c1F. The fourth-order valence-corrected chi connectivity index (χ4v) is 2.82. The molecule has 0 radical (unpaired) electrons. The van der Waals surface area contributed by atoms with E-state index in [2.05, 4.69) is 15.0 Å². The summed E-state index contributed by atoms with van der Waals surface area (Å²) in [6.07, 6.45) is -3.66. The van der Waals surface area contributed by atoms with E-state index in [0.717, 1.165) is 12.1 Å². The monoisotopic (exact) mass is 390 g/mol. The van der Waals surface area contributed by atoms with Crippen molar-refractivity contribution in [3.8, 4) is 22.8 Å². The molecule has 2 N–H and O–H groups in total. The van der Waals surface area contributed by atoms with Crippen molar-refractivity contribution in [2.24, 2.45) is 0 Å². The van der Waals surface area contributed by atoms with Crippen LogP contribution in [0.5, 0.6) is 5.75 Å². The van der Waals surface area contributed by atoms with Crippen LogP contribution in [0.2, 0.25) is 0 Å². The van der Waals surface area contributed by atoms with Crippen LogP contribution in [0.25, 0.3) is 28.2 Å². The first-order chi connectivity index (χ1) is 13.3. The third-order valence-corrected chi connectivity index (χ3v) is 4.05. The number of halogens is 4. The van der Waals surface area contributed by atoms with Gasteiger partial charge in [-0.1, -0.05) is 18.2 Å². The number of phenols is 1. The van der Waals surface area contributed by atoms with Crippen LogP contribution in [0, 0.1) is 5.82 Å². The number of nitrogens with zero attached hydrogens (tertiary/aromatic N) is 3. The first-order valence-electron chi connectivity index (χ1n) is 7.89. The van der Waals surface area contributed by atoms with E-state index in [4.69, 9.17) is 0 Å². The highest BCUT2D eigenvalue weighted by atomic mass is 19.4. The lowest BCUT2D eigenvalue weighted by molar-refractivity contribution is -0.140. The van der Waals surface area contributed by atoms with Crippen LogP contribution in [-0.4, -0.2) is 24.6 Å². The summed E-state index contributed by atoms with van der Waals surface area (Å²) in [6.45, 7) is 0. The topological polar surface area (TPSA) is 83.8 Å². The van der Waals surface area contributed by atoms with E-state index < -0.39 is 28.9 Å². The van der Waals surface area contributed by atoms with Gasteiger partial charge in [0.2, 0.25) is 0 Å². The molecule has 0 atom stereocenters. The highest BCUT2D eigenvalue weighted by Crippen LogP contribution is 2.33. The third-order valence-electron chi connectivity index (χ3n) is 4.05. The van der Waals surface area contributed by atoms with Crippen molar-refractivity contribution in [1.82, 2.24) is 19.5 Å². The molecule has 4 aromatic rings. The Hall–Kier alpha value is -3.69. The minimum Gasteiger partial charge on any atom is -0.508 e. The predicted octanol–water partition coefficient (Wildman–Crippen LogP) is 3.64. The molecule has 28 heavy (non-hydrogen) atoms. The lowest BCUT2D eigenvalue weighted by Crippen LogP contribution is -2.18. The van der Waals surface area contributed by atoms with Crippen molar-refractivity contribution in [2.75, 3.05) is 0 Å². The summed E-state index contributed by atoms with van der Waals surface area (Å²) >= 11 is 0. The Balaban J connectivity index is 1.97. The zero-order valence-electron chi connectivity index (χ0n) is 13.8. The average molecular weight is 390 g/mol. The molecule has 0 spiro atoms. The third kappa shape index (κ3) is 2.88. The van der Waals surface area contributed by atoms with E-state index in [0.29, 0.717) is 16.2 Å². The quantitative estimate of drug-likeness (QED) is 0.512. The second-order valence-corrected chi connectivity index (χ2v) is 5.88. The Kier molecular flexibility index (Phi) is 3.91. The first kappa shape index (κ1) is 17.7. The fourth-order valence-electron chi connectivity index (χ4n) is 2.82. The van der Waals surface area contributed by atoms with Crippen LogP contribution in [0.1, 0.15) is 5.56 Å². The van der Waals surface area contributed by atoms with Crippen molar-refractivity contribution in [3.05, 3.63) is 70.5 Å². The number of aromatic nitrogens is 4. The Labute approximate surface area is 153 Å². The number of phenolic OH excluding ortho intramolecular Hbond substituents is 1. The highest BCUT2D eigenvalue weighted by molar-refractivity contribution is 5.75. The van der Waals surface area contributed by atoms with Gasteiger partial charge in [-0.15, -0.1) is 0 Å². The van der Waals surface area contributed by atoms with E-state index >= 15 is 0 Å². The molecule has 0 bridgehead atoms. The van der Waals surface area contributed by atoms with Crippen molar-refractivity contribution in [3.63, 3.8) is 0 Å². The number of hydrogen-bond donors (Lipinski definition) is 2. The molecule has 0 aliphatic heterocycles. The second-order valence-electron chi connectivity index (χ2n) is 5.88. The molecule has 6 nitrogen and oxygen atoms in total. The van der Waals surface area contributed by atoms with Gasteiger partial charge in [0.25, 0.3) is 0 Å². The molecule has 2 aromatic carbocycles. The number of fused-ring (bicyclic) bond motifs is 1. The van der Waals surface area contributed by atoms with Gasteiger partial charge in [0.15, 0.2) is 17.3 Å². The zero-order valence-corrected chi connectivity index (χ0v) is 13.8. The van der Waals surface area contributed by atoms with Gasteiger partial charge < -0.3 is 10.1 Å². The number of hydrogen-bond acceptors (Lipinski definition) is 4. The van der Waals surface area contributed by atoms with Crippen molar-refractivity contribution < 1.29 is 22.7 Å². The normalized spacial score (nSPS) is 11.9. The average Bonchev–Trinajstić information content (AvgIpc) is 2.96. The molecular weight excluding hydrogens is 380 g/mol. The maximum atomic E-state index is 14.5. The molecule has 10 heteroatoms. The first-order valence-corrected chi connectivity index (χ1v) is 7.89. The van der Waals surface area contributed by atoms with Crippen LogP contribution in [-0.2, 0) is 6.18 Å². The summed E-state index contributed by atoms with van der Waals surface area (Å²) in [7, 11) is 0. The Bertz CT molecular complexity index is 1260. The zero-order chi connectivity index (χ0) is 20.1. The second kappa shape index (κ2) is 6.19. The summed E-state index contributed by atoms with van der Waals surface area (Å²) < 4.78 is 54.3. The van der Waals surface area contributed by atoms with Crippen LogP contribution >= 0.6 is 0 Å². The van der Waals surface area contributed by atoms with E-state index in [1.54, 1.807) is 12.1 Å². The summed E-state index contributed by atoms with van der Waals surface area (Å²) in [5.74, 6) is -1.53. The fraction of sp³-hybridized carbons (Fsp3) is 0.0556. The number of aromatic amines is 1. The van der Waals surface area contributed by atoms with E-state index in [1.165, 1.54) is 18.3 Å². The van der Waals surface area contributed by atoms with Gasteiger partial charge in [0.1, 0.15) is 11.3 Å². The maximum absolute atomic E-state index is 14.5. The number of benzene rings is 2. The molecular formula is C18H10F4N4O2. The van der Waals surface area contributed by atoms with E-state index in [-0.39, 0.29) is 22.7 Å². The van der Waals surface area contributed by atoms with E-state index in [9.17, 15) is 27.5 Å². The molecule has 0 saturated heterocycles. The molecule has 4 rings (SSSR count). The number of alkyl halides is 3. The van der Waals surface area contributed by atoms with Crippen LogP contribution in [0.3, 0.4) is 0 Å². The smallest absolute Gasteiger partial charge is 0.419 e. The largest absolute Gasteiger partial charge is 0.508 e. The number of imidazole rings is 1. The van der Waals surface area contributed by atoms with Crippen molar-refractivity contribution >= 4 is 11.2 Å². The van der Waals surface area contributed by atoms with Crippen LogP contribution < -0.4 is 5.69 Å². The summed E-state index contributed by atoms with van der Waals surface area (Å²) in [4.78, 5) is 22.9. The van der Waals surface area contributed by atoms with Gasteiger partial charge in [-0.05, 0) is 24.3 Å². The number of aromatic hydroxyl groups is 1. The van der Waals surface area contributed by atoms with Gasteiger partial charge in [-0.3, -0.25) is 0 Å². The summed E-state index contributed by atoms with van der Waals surface area (Å²) in [5.41, 5.74) is -2.52. The predicted molar refractivity (Wildman–Crippen MR) is 91.5 cm³/mol. The highest BCUT2D eigenvalue weighted by Gasteiger charge is 2.35. The summed E-state index contributed by atoms with van der Waals surface area (Å²) in [6, 6.07) is 8.61. The van der Waals surface area contributed by atoms with Gasteiger partial charge in [-0.25, -0.2) is 23.7 Å². The molecule has 2 heterocycles. The molecule has 0 saturated carbocycles. The summed E-state index contributed by atoms with van der Waals surface area (Å²) in [5, 5.41) is 9.59. The minimum atomic E-state index is -4.92. The van der Waals surface area contributed by atoms with Crippen LogP contribution in [0.15, 0.2) is 53.5 Å². The molecule has 0 aliphatic carbocycles. The lowest BCUT2D eigenvalue weighted by atomic mass is 10.1. The van der Waals surface area contributed by atoms with Gasteiger partial charge in [-0.2, -0.15) is 13.2 Å². The number of rotatable bonds is 2. The molecule has 2 aromatic heterocycles. The van der Waals surface area contributed by atoms with Crippen molar-refractivity contribution in [1.29, 1.82) is 0 Å². The Morgan fingerprint density at radius 3 is 2.57 bits per heavy atom. The van der Waals surface area contributed by atoms with E-state index in [1.807, 2.05) is 0 Å². The lowest BCUT2D eigenvalue weighted by Gasteiger charge is -2.11. The minimum absolute atomic E-state index is 0.0448. The molecule has 0 aliphatic rings. The molecule has 0 unspecified atom stereocenters. The number of nitrogens with one attached hydrogen (secondary N) is 1. The van der Waals surface area contributed by atoms with Crippen LogP contribution in [0.4, 0.5) is 17.6 Å². The maximum Gasteiger partial charge on any atom is 0.419 e. The Morgan fingerprint density at radius 1 is 1.11 bits per heavy atom. The number of H-pyrrole nitrogens is 1. The molecule has 0 amide bonds. The molecule has 0 fully saturated rings. The van der Waals surface area contributed by atoms with Gasteiger partial charge in [0.05, 0.1) is 17.4 Å². The van der Waals surface area contributed by atoms with Gasteiger partial charge in [0, 0.05) is 5.56 Å². The standard InChI is InChI=1S/C18H10F4N4O2/c19-14-11(18(20,21)22)5-2-6-13(14)26-16-12(24-17(26)28)8-23-15(25-16)9-3-1-4-10(27)7-9/h1-8,27H,(H,24,28). The van der Waals surface area contributed by atoms with Gasteiger partial charge >= 0.3 is 11.9 Å².